The van der Waals surface area contributed by atoms with Crippen LogP contribution in [0.15, 0.2) is 12.4 Å². The van der Waals surface area contributed by atoms with Crippen molar-refractivity contribution < 1.29 is 14.7 Å². The van der Waals surface area contributed by atoms with E-state index in [9.17, 15) is 9.59 Å². The van der Waals surface area contributed by atoms with Gasteiger partial charge in [-0.25, -0.2) is 4.79 Å². The van der Waals surface area contributed by atoms with Crippen LogP contribution in [0.3, 0.4) is 0 Å². The topological polar surface area (TPSA) is 113 Å². The number of hydrogen-bond donors (Lipinski definition) is 3. The first-order valence-corrected chi connectivity index (χ1v) is 6.10. The van der Waals surface area contributed by atoms with E-state index in [1.165, 1.54) is 17.1 Å². The van der Waals surface area contributed by atoms with Gasteiger partial charge in [-0.2, -0.15) is 5.10 Å². The summed E-state index contributed by atoms with van der Waals surface area (Å²) in [4.78, 5) is 24.1. The van der Waals surface area contributed by atoms with Gasteiger partial charge in [-0.15, -0.1) is 0 Å². The quantitative estimate of drug-likeness (QED) is 0.709. The third-order valence-corrected chi connectivity index (χ3v) is 2.93. The molecule has 19 heavy (non-hydrogen) atoms. The molecule has 4 N–H and O–H groups in total. The molecule has 0 spiro atoms. The molecule has 1 saturated heterocycles. The minimum atomic E-state index is -0.983. The van der Waals surface area contributed by atoms with Crippen LogP contribution in [0.4, 0.5) is 10.5 Å². The summed E-state index contributed by atoms with van der Waals surface area (Å²) in [7, 11) is 0. The molecule has 2 rings (SSSR count). The van der Waals surface area contributed by atoms with Gasteiger partial charge in [0, 0.05) is 25.3 Å². The summed E-state index contributed by atoms with van der Waals surface area (Å²) in [6.45, 7) is 0.988. The highest BCUT2D eigenvalue weighted by atomic mass is 16.4. The molecule has 0 aliphatic carbocycles. The van der Waals surface area contributed by atoms with E-state index >= 15 is 0 Å². The highest BCUT2D eigenvalue weighted by molar-refractivity contribution is 5.89. The molecule has 2 heterocycles. The Hall–Kier alpha value is -2.09. The second kappa shape index (κ2) is 5.70. The van der Waals surface area contributed by atoms with Crippen molar-refractivity contribution in [1.82, 2.24) is 14.7 Å². The zero-order valence-corrected chi connectivity index (χ0v) is 10.5. The Bertz CT molecular complexity index is 473. The van der Waals surface area contributed by atoms with Crippen molar-refractivity contribution in [2.75, 3.05) is 18.4 Å². The van der Waals surface area contributed by atoms with Gasteiger partial charge in [0.25, 0.3) is 0 Å². The summed E-state index contributed by atoms with van der Waals surface area (Å²) >= 11 is 0. The van der Waals surface area contributed by atoms with E-state index in [0.717, 1.165) is 12.8 Å². The van der Waals surface area contributed by atoms with Gasteiger partial charge in [0.05, 0.1) is 11.9 Å². The first-order valence-electron chi connectivity index (χ1n) is 6.10. The van der Waals surface area contributed by atoms with Gasteiger partial charge in [-0.05, 0) is 12.8 Å². The maximum Gasteiger partial charge on any atom is 0.325 e. The monoisotopic (exact) mass is 267 g/mol. The number of anilines is 1. The molecule has 2 amide bonds. The van der Waals surface area contributed by atoms with Gasteiger partial charge >= 0.3 is 12.0 Å². The summed E-state index contributed by atoms with van der Waals surface area (Å²) in [6.07, 6.45) is 4.73. The summed E-state index contributed by atoms with van der Waals surface area (Å²) in [5.74, 6) is -0.983. The molecule has 1 fully saturated rings. The van der Waals surface area contributed by atoms with Gasteiger partial charge in [0.1, 0.15) is 6.54 Å². The number of nitrogens with zero attached hydrogens (tertiary/aromatic N) is 3. The van der Waals surface area contributed by atoms with Crippen LogP contribution in [0.25, 0.3) is 0 Å². The molecule has 8 heteroatoms. The van der Waals surface area contributed by atoms with Crippen LogP contribution in [0.5, 0.6) is 0 Å². The highest BCUT2D eigenvalue weighted by Gasteiger charge is 2.21. The first-order chi connectivity index (χ1) is 9.04. The smallest absolute Gasteiger partial charge is 0.325 e. The number of carbonyl (C=O) groups is 2. The molecular weight excluding hydrogens is 250 g/mol. The Morgan fingerprint density at radius 1 is 1.58 bits per heavy atom. The molecule has 1 aliphatic heterocycles. The van der Waals surface area contributed by atoms with E-state index in [0.29, 0.717) is 18.8 Å². The molecule has 0 aromatic carbocycles. The molecule has 8 nitrogen and oxygen atoms in total. The van der Waals surface area contributed by atoms with Crippen molar-refractivity contribution in [2.45, 2.75) is 25.4 Å². The number of hydrogen-bond acceptors (Lipinski definition) is 4. The standard InChI is InChI=1S/C11H17N5O3/c12-8-2-1-3-15(5-8)11(19)14-9-4-13-16(6-9)7-10(17)18/h4,6,8H,1-3,5,7,12H2,(H,14,19)(H,17,18). The number of aromatic nitrogens is 2. The number of nitrogens with one attached hydrogen (secondary N) is 1. The van der Waals surface area contributed by atoms with E-state index in [2.05, 4.69) is 10.4 Å². The maximum atomic E-state index is 12.0. The number of carboxylic acid groups (broad SMARTS) is 1. The molecule has 1 atom stereocenters. The summed E-state index contributed by atoms with van der Waals surface area (Å²) < 4.78 is 1.25. The van der Waals surface area contributed by atoms with Crippen LogP contribution in [0, 0.1) is 0 Å². The number of carbonyl (C=O) groups excluding carboxylic acids is 1. The fourth-order valence-corrected chi connectivity index (χ4v) is 2.05. The predicted molar refractivity (Wildman–Crippen MR) is 67.7 cm³/mol. The summed E-state index contributed by atoms with van der Waals surface area (Å²) in [6, 6.07) is -0.209. The predicted octanol–water partition coefficient (Wildman–Crippen LogP) is -0.0773. The second-order valence-corrected chi connectivity index (χ2v) is 4.60. The van der Waals surface area contributed by atoms with Crippen molar-refractivity contribution in [2.24, 2.45) is 5.73 Å². The average Bonchev–Trinajstić information content (AvgIpc) is 2.75. The summed E-state index contributed by atoms with van der Waals surface area (Å²) in [5.41, 5.74) is 6.29. The van der Waals surface area contributed by atoms with Crippen LogP contribution < -0.4 is 11.1 Å². The van der Waals surface area contributed by atoms with E-state index < -0.39 is 5.97 Å². The fourth-order valence-electron chi connectivity index (χ4n) is 2.05. The average molecular weight is 267 g/mol. The largest absolute Gasteiger partial charge is 0.480 e. The molecule has 1 unspecified atom stereocenters. The minimum Gasteiger partial charge on any atom is -0.480 e. The number of rotatable bonds is 3. The van der Waals surface area contributed by atoms with Gasteiger partial charge < -0.3 is 21.1 Å². The van der Waals surface area contributed by atoms with Crippen LogP contribution in [0.1, 0.15) is 12.8 Å². The van der Waals surface area contributed by atoms with Crippen LogP contribution in [-0.2, 0) is 11.3 Å². The van der Waals surface area contributed by atoms with Gasteiger partial charge in [0.2, 0.25) is 0 Å². The Morgan fingerprint density at radius 3 is 3.05 bits per heavy atom. The number of urea groups is 1. The Labute approximate surface area is 110 Å². The number of piperidine rings is 1. The van der Waals surface area contributed by atoms with Crippen LogP contribution >= 0.6 is 0 Å². The second-order valence-electron chi connectivity index (χ2n) is 4.60. The van der Waals surface area contributed by atoms with Crippen molar-refractivity contribution in [3.05, 3.63) is 12.4 Å². The van der Waals surface area contributed by atoms with Gasteiger partial charge in [0.15, 0.2) is 0 Å². The molecule has 1 aromatic rings. The van der Waals surface area contributed by atoms with Crippen molar-refractivity contribution in [1.29, 1.82) is 0 Å². The summed E-state index contributed by atoms with van der Waals surface area (Å²) in [5, 5.41) is 15.1. The SMILES string of the molecule is NC1CCCN(C(=O)Nc2cnn(CC(=O)O)c2)C1. The molecule has 1 aromatic heterocycles. The number of likely N-dealkylation sites (tertiary alicyclic amines) is 1. The van der Waals surface area contributed by atoms with Crippen molar-refractivity contribution >= 4 is 17.7 Å². The number of amides is 2. The van der Waals surface area contributed by atoms with Crippen molar-refractivity contribution in [3.63, 3.8) is 0 Å². The van der Waals surface area contributed by atoms with Gasteiger partial charge in [-0.1, -0.05) is 0 Å². The zero-order chi connectivity index (χ0) is 13.8. The molecule has 104 valence electrons. The minimum absolute atomic E-state index is 0.0224. The lowest BCUT2D eigenvalue weighted by Gasteiger charge is -2.30. The van der Waals surface area contributed by atoms with Crippen molar-refractivity contribution in [3.8, 4) is 0 Å². The highest BCUT2D eigenvalue weighted by Crippen LogP contribution is 2.11. The third kappa shape index (κ3) is 3.68. The Morgan fingerprint density at radius 2 is 2.37 bits per heavy atom. The van der Waals surface area contributed by atoms with Crippen LogP contribution in [0.2, 0.25) is 0 Å². The Balaban J connectivity index is 1.91. The zero-order valence-electron chi connectivity index (χ0n) is 10.5. The lowest BCUT2D eigenvalue weighted by Crippen LogP contribution is -2.47. The van der Waals surface area contributed by atoms with E-state index in [-0.39, 0.29) is 18.6 Å². The molecule has 0 radical (unpaired) electrons. The maximum absolute atomic E-state index is 12.0. The molecule has 0 bridgehead atoms. The first kappa shape index (κ1) is 13.3. The number of carboxylic acids is 1. The van der Waals surface area contributed by atoms with Gasteiger partial charge in [-0.3, -0.25) is 9.48 Å². The van der Waals surface area contributed by atoms with Crippen LogP contribution in [-0.4, -0.2) is 50.9 Å². The number of nitrogens with two attached hydrogens (primary N) is 1. The third-order valence-electron chi connectivity index (χ3n) is 2.93. The van der Waals surface area contributed by atoms with E-state index in [1.54, 1.807) is 4.90 Å². The number of aliphatic carboxylic acids is 1. The Kier molecular flexibility index (Phi) is 4.00. The van der Waals surface area contributed by atoms with E-state index in [4.69, 9.17) is 10.8 Å². The van der Waals surface area contributed by atoms with E-state index in [1.807, 2.05) is 0 Å². The normalized spacial score (nSPS) is 19.2. The lowest BCUT2D eigenvalue weighted by molar-refractivity contribution is -0.137. The molecule has 1 aliphatic rings. The fraction of sp³-hybridized carbons (Fsp3) is 0.545. The molecular formula is C11H17N5O3. The molecule has 0 saturated carbocycles. The lowest BCUT2D eigenvalue weighted by atomic mass is 10.1.